The maximum Gasteiger partial charge on any atom is 0.227 e. The molecule has 1 aliphatic heterocycles. The number of hydrogen-bond acceptors (Lipinski definition) is 3. The molecular weight excluding hydrogens is 242 g/mol. The summed E-state index contributed by atoms with van der Waals surface area (Å²) in [5.41, 5.74) is 0.734. The van der Waals surface area contributed by atoms with Crippen molar-refractivity contribution in [1.82, 2.24) is 0 Å². The average Bonchev–Trinajstić information content (AvgIpc) is 2.71. The molecule has 0 aliphatic carbocycles. The lowest BCUT2D eigenvalue weighted by atomic mass is 10.1. The minimum Gasteiger partial charge on any atom is -0.504 e. The molecule has 0 saturated carbocycles. The fourth-order valence-electron chi connectivity index (χ4n) is 1.97. The maximum atomic E-state index is 11.8. The second-order valence-electron chi connectivity index (χ2n) is 4.08. The first-order valence-corrected chi connectivity index (χ1v) is 5.92. The van der Waals surface area contributed by atoms with Gasteiger partial charge in [-0.15, -0.1) is 11.6 Å². The number of carbonyl (C=O) groups is 1. The van der Waals surface area contributed by atoms with Gasteiger partial charge in [-0.2, -0.15) is 0 Å². The normalized spacial score (nSPS) is 19.8. The number of nitrogens with zero attached hydrogens (tertiary/aromatic N) is 1. The standard InChI is InChI=1S/C12H14ClNO3/c1-17-11-5-9(2-3-10(11)15)14-7-8(6-13)4-12(14)16/h2-3,5,8,15H,4,6-7H2,1H3. The van der Waals surface area contributed by atoms with Crippen LogP contribution in [0, 0.1) is 5.92 Å². The van der Waals surface area contributed by atoms with Gasteiger partial charge in [0.2, 0.25) is 5.91 Å². The predicted octanol–water partition coefficient (Wildman–Crippen LogP) is 1.99. The van der Waals surface area contributed by atoms with Crippen LogP contribution in [0.25, 0.3) is 0 Å². The highest BCUT2D eigenvalue weighted by atomic mass is 35.5. The van der Waals surface area contributed by atoms with Crippen LogP contribution in [0.1, 0.15) is 6.42 Å². The van der Waals surface area contributed by atoms with E-state index in [4.69, 9.17) is 16.3 Å². The van der Waals surface area contributed by atoms with E-state index in [9.17, 15) is 9.90 Å². The van der Waals surface area contributed by atoms with Crippen molar-refractivity contribution < 1.29 is 14.6 Å². The zero-order valence-corrected chi connectivity index (χ0v) is 10.3. The number of phenolic OH excluding ortho intramolecular Hbond substituents is 1. The number of benzene rings is 1. The van der Waals surface area contributed by atoms with Gasteiger partial charge in [-0.25, -0.2) is 0 Å². The molecule has 1 N–H and O–H groups in total. The molecule has 1 aromatic carbocycles. The number of rotatable bonds is 3. The number of alkyl halides is 1. The highest BCUT2D eigenvalue weighted by Crippen LogP contribution is 2.33. The highest BCUT2D eigenvalue weighted by Gasteiger charge is 2.30. The maximum absolute atomic E-state index is 11.8. The zero-order chi connectivity index (χ0) is 12.4. The number of halogens is 1. The fourth-order valence-corrected chi connectivity index (χ4v) is 2.18. The van der Waals surface area contributed by atoms with Crippen molar-refractivity contribution in [1.29, 1.82) is 0 Å². The summed E-state index contributed by atoms with van der Waals surface area (Å²) in [6, 6.07) is 4.88. The number of carbonyl (C=O) groups excluding carboxylic acids is 1. The van der Waals surface area contributed by atoms with E-state index in [1.54, 1.807) is 17.0 Å². The molecule has 1 aliphatic rings. The summed E-state index contributed by atoms with van der Waals surface area (Å²) in [6.07, 6.45) is 0.479. The van der Waals surface area contributed by atoms with Crippen molar-refractivity contribution in [3.63, 3.8) is 0 Å². The third-order valence-corrected chi connectivity index (χ3v) is 3.33. The Morgan fingerprint density at radius 2 is 2.35 bits per heavy atom. The van der Waals surface area contributed by atoms with Crippen LogP contribution >= 0.6 is 11.6 Å². The number of aromatic hydroxyl groups is 1. The molecule has 2 rings (SSSR count). The molecule has 1 fully saturated rings. The quantitative estimate of drug-likeness (QED) is 0.841. The Balaban J connectivity index is 2.26. The van der Waals surface area contributed by atoms with E-state index in [0.717, 1.165) is 5.69 Å². The Bertz CT molecular complexity index is 436. The van der Waals surface area contributed by atoms with Gasteiger partial charge in [0, 0.05) is 30.6 Å². The van der Waals surface area contributed by atoms with Gasteiger partial charge in [-0.3, -0.25) is 4.79 Å². The van der Waals surface area contributed by atoms with E-state index in [2.05, 4.69) is 0 Å². The third-order valence-electron chi connectivity index (χ3n) is 2.90. The zero-order valence-electron chi connectivity index (χ0n) is 9.52. The summed E-state index contributed by atoms with van der Waals surface area (Å²) < 4.78 is 5.02. The van der Waals surface area contributed by atoms with Gasteiger partial charge in [0.15, 0.2) is 11.5 Å². The van der Waals surface area contributed by atoms with Crippen LogP contribution in [0.3, 0.4) is 0 Å². The molecule has 1 unspecified atom stereocenters. The largest absolute Gasteiger partial charge is 0.504 e. The monoisotopic (exact) mass is 255 g/mol. The van der Waals surface area contributed by atoms with Gasteiger partial charge in [-0.1, -0.05) is 0 Å². The second-order valence-corrected chi connectivity index (χ2v) is 4.39. The molecule has 1 aromatic rings. The first-order valence-electron chi connectivity index (χ1n) is 5.39. The fraction of sp³-hybridized carbons (Fsp3) is 0.417. The first kappa shape index (κ1) is 12.0. The van der Waals surface area contributed by atoms with Crippen molar-refractivity contribution >= 4 is 23.2 Å². The van der Waals surface area contributed by atoms with E-state index in [1.165, 1.54) is 13.2 Å². The van der Waals surface area contributed by atoms with Crippen LogP contribution < -0.4 is 9.64 Å². The molecule has 1 amide bonds. The molecule has 17 heavy (non-hydrogen) atoms. The molecular formula is C12H14ClNO3. The van der Waals surface area contributed by atoms with Gasteiger partial charge in [0.1, 0.15) is 0 Å². The third kappa shape index (κ3) is 2.31. The Morgan fingerprint density at radius 3 is 2.94 bits per heavy atom. The van der Waals surface area contributed by atoms with Crippen LogP contribution in [-0.2, 0) is 4.79 Å². The summed E-state index contributed by atoms with van der Waals surface area (Å²) in [7, 11) is 1.48. The minimum absolute atomic E-state index is 0.0587. The van der Waals surface area contributed by atoms with Gasteiger partial charge in [0.25, 0.3) is 0 Å². The van der Waals surface area contributed by atoms with Gasteiger partial charge in [-0.05, 0) is 18.1 Å². The Morgan fingerprint density at radius 1 is 1.59 bits per heavy atom. The first-order chi connectivity index (χ1) is 8.15. The molecule has 0 spiro atoms. The van der Waals surface area contributed by atoms with Gasteiger partial charge >= 0.3 is 0 Å². The van der Waals surface area contributed by atoms with E-state index in [-0.39, 0.29) is 17.6 Å². The Hall–Kier alpha value is -1.42. The van der Waals surface area contributed by atoms with Crippen molar-refractivity contribution in [3.8, 4) is 11.5 Å². The Labute approximate surface area is 105 Å². The molecule has 0 aromatic heterocycles. The van der Waals surface area contributed by atoms with E-state index < -0.39 is 0 Å². The lowest BCUT2D eigenvalue weighted by Crippen LogP contribution is -2.24. The minimum atomic E-state index is 0.0587. The number of anilines is 1. The molecule has 5 heteroatoms. The van der Waals surface area contributed by atoms with Crippen LogP contribution in [0.15, 0.2) is 18.2 Å². The number of ether oxygens (including phenoxy) is 1. The molecule has 0 radical (unpaired) electrons. The smallest absolute Gasteiger partial charge is 0.227 e. The van der Waals surface area contributed by atoms with E-state index >= 15 is 0 Å². The van der Waals surface area contributed by atoms with Crippen molar-refractivity contribution in [2.75, 3.05) is 24.4 Å². The average molecular weight is 256 g/mol. The van der Waals surface area contributed by atoms with Crippen LogP contribution in [0.4, 0.5) is 5.69 Å². The highest BCUT2D eigenvalue weighted by molar-refractivity contribution is 6.18. The van der Waals surface area contributed by atoms with Crippen LogP contribution in [-0.4, -0.2) is 30.5 Å². The van der Waals surface area contributed by atoms with Crippen LogP contribution in [0.5, 0.6) is 11.5 Å². The lowest BCUT2D eigenvalue weighted by molar-refractivity contribution is -0.117. The topological polar surface area (TPSA) is 49.8 Å². The summed E-state index contributed by atoms with van der Waals surface area (Å²) in [5.74, 6) is 1.17. The SMILES string of the molecule is COc1cc(N2CC(CCl)CC2=O)ccc1O. The predicted molar refractivity (Wildman–Crippen MR) is 65.8 cm³/mol. The number of phenols is 1. The molecule has 4 nitrogen and oxygen atoms in total. The van der Waals surface area contributed by atoms with Crippen LogP contribution in [0.2, 0.25) is 0 Å². The van der Waals surface area contributed by atoms with Crippen molar-refractivity contribution in [3.05, 3.63) is 18.2 Å². The molecule has 1 saturated heterocycles. The molecule has 0 bridgehead atoms. The Kier molecular flexibility index (Phi) is 3.43. The van der Waals surface area contributed by atoms with Gasteiger partial charge in [0.05, 0.1) is 7.11 Å². The summed E-state index contributed by atoms with van der Waals surface area (Å²) in [5, 5.41) is 9.49. The number of amides is 1. The summed E-state index contributed by atoms with van der Waals surface area (Å²) >= 11 is 5.77. The number of hydrogen-bond donors (Lipinski definition) is 1. The van der Waals surface area contributed by atoms with E-state index in [1.807, 2.05) is 0 Å². The van der Waals surface area contributed by atoms with Crippen molar-refractivity contribution in [2.24, 2.45) is 5.92 Å². The van der Waals surface area contributed by atoms with Gasteiger partial charge < -0.3 is 14.7 Å². The molecule has 92 valence electrons. The van der Waals surface area contributed by atoms with Crippen molar-refractivity contribution in [2.45, 2.75) is 6.42 Å². The number of methoxy groups -OCH3 is 1. The lowest BCUT2D eigenvalue weighted by Gasteiger charge is -2.17. The molecule has 1 heterocycles. The van der Waals surface area contributed by atoms with E-state index in [0.29, 0.717) is 24.6 Å². The second kappa shape index (κ2) is 4.84. The summed E-state index contributed by atoms with van der Waals surface area (Å²) in [4.78, 5) is 13.5. The summed E-state index contributed by atoms with van der Waals surface area (Å²) in [6.45, 7) is 0.621. The molecule has 1 atom stereocenters.